The first-order valence-electron chi connectivity index (χ1n) is 6.31. The molecular formula is C12H20N6S. The van der Waals surface area contributed by atoms with Gasteiger partial charge >= 0.3 is 0 Å². The highest BCUT2D eigenvalue weighted by atomic mass is 32.2. The lowest BCUT2D eigenvalue weighted by molar-refractivity contribution is 0.670. The fourth-order valence-electron chi connectivity index (χ4n) is 1.83. The smallest absolute Gasteiger partial charge is 0.197 e. The Morgan fingerprint density at radius 3 is 2.53 bits per heavy atom. The summed E-state index contributed by atoms with van der Waals surface area (Å²) in [6, 6.07) is 0. The van der Waals surface area contributed by atoms with Crippen molar-refractivity contribution in [1.82, 2.24) is 29.9 Å². The summed E-state index contributed by atoms with van der Waals surface area (Å²) in [6.07, 6.45) is 0. The third kappa shape index (κ3) is 2.82. The van der Waals surface area contributed by atoms with Crippen molar-refractivity contribution in [2.24, 2.45) is 14.1 Å². The summed E-state index contributed by atoms with van der Waals surface area (Å²) in [5.74, 6) is 0.912. The van der Waals surface area contributed by atoms with Gasteiger partial charge in [-0.2, -0.15) is 5.10 Å². The van der Waals surface area contributed by atoms with Gasteiger partial charge in [-0.25, -0.2) is 0 Å². The van der Waals surface area contributed by atoms with Gasteiger partial charge in [0.2, 0.25) is 0 Å². The van der Waals surface area contributed by atoms with E-state index in [0.29, 0.717) is 0 Å². The van der Waals surface area contributed by atoms with Crippen LogP contribution >= 0.6 is 11.8 Å². The Balaban J connectivity index is 2.31. The zero-order chi connectivity index (χ0) is 14.0. The Morgan fingerprint density at radius 1 is 1.21 bits per heavy atom. The fourth-order valence-corrected chi connectivity index (χ4v) is 2.86. The molecule has 7 heteroatoms. The van der Waals surface area contributed by atoms with Crippen LogP contribution in [0.1, 0.15) is 24.0 Å². The summed E-state index contributed by atoms with van der Waals surface area (Å²) in [5, 5.41) is 18.1. The molecule has 0 aromatic carbocycles. The van der Waals surface area contributed by atoms with Crippen LogP contribution in [0.25, 0.3) is 0 Å². The topological polar surface area (TPSA) is 60.6 Å². The number of aromatic nitrogens is 5. The van der Waals surface area contributed by atoms with E-state index in [-0.39, 0.29) is 0 Å². The Hall–Kier alpha value is -1.34. The van der Waals surface area contributed by atoms with Gasteiger partial charge in [-0.3, -0.25) is 4.68 Å². The number of nitrogens with one attached hydrogen (secondary N) is 1. The van der Waals surface area contributed by atoms with E-state index in [1.807, 2.05) is 37.2 Å². The number of hydrogen-bond donors (Lipinski definition) is 1. The van der Waals surface area contributed by atoms with E-state index in [4.69, 9.17) is 0 Å². The molecule has 0 atom stereocenters. The first kappa shape index (κ1) is 14.1. The zero-order valence-electron chi connectivity index (χ0n) is 12.1. The summed E-state index contributed by atoms with van der Waals surface area (Å²) < 4.78 is 3.90. The lowest BCUT2D eigenvalue weighted by atomic mass is 10.2. The molecule has 2 aromatic heterocycles. The van der Waals surface area contributed by atoms with E-state index in [0.717, 1.165) is 34.8 Å². The third-order valence-electron chi connectivity index (χ3n) is 3.08. The second kappa shape index (κ2) is 5.75. The molecule has 0 saturated heterocycles. The second-order valence-corrected chi connectivity index (χ2v) is 5.42. The van der Waals surface area contributed by atoms with Crippen molar-refractivity contribution >= 4 is 11.8 Å². The molecule has 0 aliphatic rings. The van der Waals surface area contributed by atoms with Crippen LogP contribution < -0.4 is 5.32 Å². The van der Waals surface area contributed by atoms with Crippen LogP contribution in [0.15, 0.2) is 10.2 Å². The molecule has 0 aliphatic carbocycles. The normalized spacial score (nSPS) is 11.2. The fraction of sp³-hybridized carbons (Fsp3) is 0.583. The maximum absolute atomic E-state index is 4.49. The molecule has 1 N–H and O–H groups in total. The molecule has 2 aromatic rings. The van der Waals surface area contributed by atoms with Gasteiger partial charge < -0.3 is 9.88 Å². The standard InChI is InChI=1S/C12H20N6S/c1-6-13-7-10-8(2)16-18(5)11(10)19-12-15-14-9(3)17(12)4/h13H,6-7H2,1-5H3. The van der Waals surface area contributed by atoms with Crippen LogP contribution in [-0.2, 0) is 20.6 Å². The van der Waals surface area contributed by atoms with Crippen molar-refractivity contribution in [3.8, 4) is 0 Å². The quantitative estimate of drug-likeness (QED) is 0.897. The molecule has 2 heterocycles. The highest BCUT2D eigenvalue weighted by Gasteiger charge is 2.17. The Morgan fingerprint density at radius 2 is 1.95 bits per heavy atom. The molecule has 0 amide bonds. The van der Waals surface area contributed by atoms with Gasteiger partial charge in [0, 0.05) is 26.2 Å². The SMILES string of the molecule is CCNCc1c(C)nn(C)c1Sc1nnc(C)n1C. The van der Waals surface area contributed by atoms with Crippen molar-refractivity contribution in [2.45, 2.75) is 37.5 Å². The van der Waals surface area contributed by atoms with Crippen LogP contribution in [0, 0.1) is 13.8 Å². The summed E-state index contributed by atoms with van der Waals surface area (Å²) in [7, 11) is 3.94. The van der Waals surface area contributed by atoms with E-state index < -0.39 is 0 Å². The van der Waals surface area contributed by atoms with E-state index in [1.165, 1.54) is 5.56 Å². The van der Waals surface area contributed by atoms with E-state index >= 15 is 0 Å². The largest absolute Gasteiger partial charge is 0.313 e. The summed E-state index contributed by atoms with van der Waals surface area (Å²) >= 11 is 1.61. The predicted octanol–water partition coefficient (Wildman–Crippen LogP) is 1.43. The molecule has 0 spiro atoms. The number of rotatable bonds is 5. The molecule has 0 unspecified atom stereocenters. The molecule has 6 nitrogen and oxygen atoms in total. The maximum Gasteiger partial charge on any atom is 0.197 e. The monoisotopic (exact) mass is 280 g/mol. The second-order valence-electron chi connectivity index (χ2n) is 4.46. The van der Waals surface area contributed by atoms with Crippen molar-refractivity contribution < 1.29 is 0 Å². The van der Waals surface area contributed by atoms with Crippen LogP contribution in [0.5, 0.6) is 0 Å². The Labute approximate surface area is 117 Å². The average Bonchev–Trinajstić information content (AvgIpc) is 2.82. The first-order chi connectivity index (χ1) is 9.04. The minimum absolute atomic E-state index is 0.829. The third-order valence-corrected chi connectivity index (χ3v) is 4.32. The highest BCUT2D eigenvalue weighted by molar-refractivity contribution is 7.99. The molecule has 2 rings (SSSR count). The molecular weight excluding hydrogens is 260 g/mol. The van der Waals surface area contributed by atoms with E-state index in [1.54, 1.807) is 11.8 Å². The summed E-state index contributed by atoms with van der Waals surface area (Å²) in [6.45, 7) is 7.87. The summed E-state index contributed by atoms with van der Waals surface area (Å²) in [5.41, 5.74) is 2.29. The number of nitrogens with zero attached hydrogens (tertiary/aromatic N) is 5. The number of aryl methyl sites for hydroxylation is 3. The molecule has 0 bridgehead atoms. The summed E-state index contributed by atoms with van der Waals surface area (Å²) in [4.78, 5) is 0. The van der Waals surface area contributed by atoms with Gasteiger partial charge in [0.15, 0.2) is 5.16 Å². The maximum atomic E-state index is 4.49. The minimum Gasteiger partial charge on any atom is -0.313 e. The van der Waals surface area contributed by atoms with Gasteiger partial charge in [-0.1, -0.05) is 6.92 Å². The van der Waals surface area contributed by atoms with Gasteiger partial charge in [-0.15, -0.1) is 10.2 Å². The van der Waals surface area contributed by atoms with Crippen LogP contribution in [-0.4, -0.2) is 31.1 Å². The molecule has 0 saturated carbocycles. The lowest BCUT2D eigenvalue weighted by Gasteiger charge is -2.06. The van der Waals surface area contributed by atoms with Crippen LogP contribution in [0.3, 0.4) is 0 Å². The highest BCUT2D eigenvalue weighted by Crippen LogP contribution is 2.30. The van der Waals surface area contributed by atoms with E-state index in [9.17, 15) is 0 Å². The van der Waals surface area contributed by atoms with Gasteiger partial charge in [0.05, 0.1) is 5.69 Å². The van der Waals surface area contributed by atoms with Gasteiger partial charge in [0.1, 0.15) is 10.9 Å². The van der Waals surface area contributed by atoms with Crippen molar-refractivity contribution in [3.63, 3.8) is 0 Å². The molecule has 0 fully saturated rings. The van der Waals surface area contributed by atoms with Crippen molar-refractivity contribution in [1.29, 1.82) is 0 Å². The van der Waals surface area contributed by atoms with Crippen molar-refractivity contribution in [2.75, 3.05) is 6.54 Å². The zero-order valence-corrected chi connectivity index (χ0v) is 12.9. The minimum atomic E-state index is 0.829. The molecule has 0 aliphatic heterocycles. The van der Waals surface area contributed by atoms with Crippen molar-refractivity contribution in [3.05, 3.63) is 17.1 Å². The van der Waals surface area contributed by atoms with Crippen LogP contribution in [0.2, 0.25) is 0 Å². The first-order valence-corrected chi connectivity index (χ1v) is 7.13. The van der Waals surface area contributed by atoms with Gasteiger partial charge in [-0.05, 0) is 32.2 Å². The average molecular weight is 280 g/mol. The van der Waals surface area contributed by atoms with Crippen LogP contribution in [0.4, 0.5) is 0 Å². The molecule has 0 radical (unpaired) electrons. The Kier molecular flexibility index (Phi) is 4.26. The predicted molar refractivity (Wildman–Crippen MR) is 75.2 cm³/mol. The lowest BCUT2D eigenvalue weighted by Crippen LogP contribution is -2.13. The molecule has 19 heavy (non-hydrogen) atoms. The van der Waals surface area contributed by atoms with Gasteiger partial charge in [0.25, 0.3) is 0 Å². The molecule has 104 valence electrons. The van der Waals surface area contributed by atoms with E-state index in [2.05, 4.69) is 27.5 Å². The number of hydrogen-bond acceptors (Lipinski definition) is 5. The Bertz CT molecular complexity index is 571.